The van der Waals surface area contributed by atoms with Gasteiger partial charge in [0.2, 0.25) is 5.88 Å². The largest absolute Gasteiger partial charge is 0.494 e. The molecule has 6 N–H and O–H groups in total. The molecule has 27 nitrogen and oxygen atoms in total. The second-order valence-electron chi connectivity index (χ2n) is 20.8. The van der Waals surface area contributed by atoms with Gasteiger partial charge in [-0.1, -0.05) is 85.4 Å². The smallest absolute Gasteiger partial charge is 0.285 e. The average Bonchev–Trinajstić information content (AvgIpc) is 0.783. The van der Waals surface area contributed by atoms with Crippen molar-refractivity contribution < 1.29 is 68.4 Å². The van der Waals surface area contributed by atoms with Crippen LogP contribution >= 0.6 is 0 Å². The molecular weight excluding hydrogens is 1250 g/mol. The Hall–Kier alpha value is -9.98. The second kappa shape index (κ2) is 27.6. The summed E-state index contributed by atoms with van der Waals surface area (Å²) in [5.74, 6) is -6.62. The van der Waals surface area contributed by atoms with Crippen molar-refractivity contribution >= 4 is 70.7 Å². The molecule has 0 spiro atoms. The van der Waals surface area contributed by atoms with E-state index in [1.165, 1.54) is 55.9 Å². The van der Waals surface area contributed by atoms with Crippen molar-refractivity contribution in [3.8, 4) is 34.9 Å². The van der Waals surface area contributed by atoms with E-state index in [4.69, 9.17) is 19.3 Å². The number of pyridine rings is 3. The van der Waals surface area contributed by atoms with Crippen LogP contribution in [0.4, 0.5) is 34.1 Å². The normalized spacial score (nSPS) is 12.9. The standard InChI is InChI=1S/C62H63N9O18S3/c1-10-69-57(72)43(31-90(78,79)80)34(4)53(60(69)75)65-63-46-25-23-39(28-48(46)87-7)51(37-19-15-13-16-20-37)41-27-42(56(50(30-41)89-9)68-67-55-36(6)45(33-92(84,85)86)59(74)71(12-3)62(55)77)52(38-21-17-14-18-22-38)40-24-26-47(49(29-40)88-8)64-66-54-35(5)44(32-91(81,82)83)58(73)70(11-2)61(54)76/h10,13-30,51-52,72-74H,1,11-12,31-33H2,2-9H3,(H,78,79,80)(H,81,82,83)(H,84,85,86). The fraction of sp³-hybridized carbons (Fsp3) is 0.242. The van der Waals surface area contributed by atoms with E-state index in [2.05, 4.69) is 32.2 Å². The number of hydrogen-bond donors (Lipinski definition) is 6. The Labute approximate surface area is 527 Å². The lowest BCUT2D eigenvalue weighted by Gasteiger charge is -2.26. The van der Waals surface area contributed by atoms with Gasteiger partial charge >= 0.3 is 0 Å². The minimum Gasteiger partial charge on any atom is -0.494 e. The van der Waals surface area contributed by atoms with E-state index in [0.717, 1.165) is 20.9 Å². The minimum absolute atomic E-state index is 0.0368. The Balaban J connectivity index is 1.39. The third kappa shape index (κ3) is 14.4. The van der Waals surface area contributed by atoms with Crippen LogP contribution in [0.1, 0.15) is 92.4 Å². The van der Waals surface area contributed by atoms with Gasteiger partial charge < -0.3 is 29.5 Å². The molecule has 2 unspecified atom stereocenters. The summed E-state index contributed by atoms with van der Waals surface area (Å²) < 4.78 is 123. The van der Waals surface area contributed by atoms with Crippen molar-refractivity contribution in [3.63, 3.8) is 0 Å². The van der Waals surface area contributed by atoms with E-state index in [1.807, 2.05) is 48.5 Å². The topological polar surface area (TPSA) is 392 Å². The lowest BCUT2D eigenvalue weighted by molar-refractivity contribution is 0.403. The van der Waals surface area contributed by atoms with Gasteiger partial charge in [0.1, 0.15) is 51.6 Å². The Morgan fingerprint density at radius 1 is 0.457 bits per heavy atom. The number of aromatic nitrogens is 3. The van der Waals surface area contributed by atoms with Crippen molar-refractivity contribution in [1.82, 2.24) is 13.7 Å². The molecule has 0 aliphatic heterocycles. The molecule has 3 heterocycles. The summed E-state index contributed by atoms with van der Waals surface area (Å²) in [7, 11) is -10.1. The number of hydrogen-bond acceptors (Lipinski definition) is 21. The van der Waals surface area contributed by atoms with Gasteiger partial charge in [0.05, 0.1) is 21.3 Å². The number of nitrogens with zero attached hydrogens (tertiary/aromatic N) is 9. The molecular formula is C62H63N9O18S3. The SMILES string of the molecule is C=Cn1c(O)c(CS(=O)(=O)O)c(C)c(N=Nc2ccc(C(c3ccccc3)c3cc(OC)c(N=Nc4c(C)c(CS(=O)(=O)O)c(O)n(CC)c4=O)c(C(c4ccccc4)c4ccc(N=Nc5c(C)c(CS(=O)(=O)O)c(O)n(CC)c5=O)c(OC)c4)c3)cc2OC)c1=O. The molecule has 0 radical (unpaired) electrons. The predicted molar refractivity (Wildman–Crippen MR) is 341 cm³/mol. The highest BCUT2D eigenvalue weighted by atomic mass is 32.2. The third-order valence-electron chi connectivity index (χ3n) is 15.2. The number of benzene rings is 5. The van der Waals surface area contributed by atoms with Crippen LogP contribution in [-0.2, 0) is 60.7 Å². The maximum atomic E-state index is 14.2. The molecule has 0 aliphatic rings. The highest BCUT2D eigenvalue weighted by Crippen LogP contribution is 2.49. The Kier molecular flexibility index (Phi) is 20.4. The molecule has 2 atom stereocenters. The summed E-state index contributed by atoms with van der Waals surface area (Å²) in [5.41, 5.74) is -1.27. The van der Waals surface area contributed by atoms with E-state index in [0.29, 0.717) is 32.4 Å². The molecule has 482 valence electrons. The fourth-order valence-electron chi connectivity index (χ4n) is 10.7. The molecule has 8 rings (SSSR count). The van der Waals surface area contributed by atoms with Crippen LogP contribution in [-0.4, -0.2) is 89.3 Å². The molecule has 92 heavy (non-hydrogen) atoms. The van der Waals surface area contributed by atoms with Crippen LogP contribution in [0.2, 0.25) is 0 Å². The number of ether oxygens (including phenoxy) is 3. The average molecular weight is 1320 g/mol. The summed E-state index contributed by atoms with van der Waals surface area (Å²) in [6.07, 6.45) is 0.944. The molecule has 0 saturated carbocycles. The first-order chi connectivity index (χ1) is 43.5. The van der Waals surface area contributed by atoms with E-state index >= 15 is 0 Å². The molecule has 0 fully saturated rings. The highest BCUT2D eigenvalue weighted by molar-refractivity contribution is 7.85. The zero-order valence-corrected chi connectivity index (χ0v) is 53.1. The zero-order chi connectivity index (χ0) is 67.3. The molecule has 5 aromatic carbocycles. The van der Waals surface area contributed by atoms with Crippen molar-refractivity contribution in [3.05, 3.63) is 214 Å². The number of aromatic hydroxyl groups is 3. The van der Waals surface area contributed by atoms with Crippen LogP contribution in [0.3, 0.4) is 0 Å². The summed E-state index contributed by atoms with van der Waals surface area (Å²) >= 11 is 0. The van der Waals surface area contributed by atoms with Crippen molar-refractivity contribution in [2.75, 3.05) is 21.3 Å². The molecule has 0 amide bonds. The quantitative estimate of drug-likeness (QED) is 0.0186. The van der Waals surface area contributed by atoms with E-state index in [9.17, 15) is 68.6 Å². The minimum atomic E-state index is -4.78. The summed E-state index contributed by atoms with van der Waals surface area (Å²) in [6.45, 7) is 10.4. The molecule has 8 aromatic rings. The molecule has 30 heteroatoms. The van der Waals surface area contributed by atoms with Gasteiger partial charge in [-0.3, -0.25) is 41.7 Å². The van der Waals surface area contributed by atoms with Gasteiger partial charge in [-0.05, 0) is 115 Å². The third-order valence-corrected chi connectivity index (χ3v) is 17.1. The highest BCUT2D eigenvalue weighted by Gasteiger charge is 2.31. The number of rotatable bonds is 24. The van der Waals surface area contributed by atoms with Gasteiger partial charge in [-0.25, -0.2) is 0 Å². The first kappa shape index (κ1) is 67.9. The Morgan fingerprint density at radius 3 is 1.21 bits per heavy atom. The van der Waals surface area contributed by atoms with Gasteiger partial charge in [0.15, 0.2) is 28.8 Å². The lowest BCUT2D eigenvalue weighted by Crippen LogP contribution is -2.22. The van der Waals surface area contributed by atoms with Crippen molar-refractivity contribution in [1.29, 1.82) is 0 Å². The van der Waals surface area contributed by atoms with Crippen LogP contribution < -0.4 is 30.9 Å². The summed E-state index contributed by atoms with van der Waals surface area (Å²) in [5, 5.41) is 59.3. The molecule has 0 bridgehead atoms. The van der Waals surface area contributed by atoms with Crippen LogP contribution in [0, 0.1) is 20.8 Å². The molecule has 0 saturated heterocycles. The molecule has 3 aromatic heterocycles. The van der Waals surface area contributed by atoms with E-state index < -0.39 is 93.8 Å². The van der Waals surface area contributed by atoms with E-state index in [-0.39, 0.29) is 97.8 Å². The van der Waals surface area contributed by atoms with Crippen LogP contribution in [0.25, 0.3) is 6.20 Å². The lowest BCUT2D eigenvalue weighted by atomic mass is 9.79. The summed E-state index contributed by atoms with van der Waals surface area (Å²) in [6, 6.07) is 31.7. The summed E-state index contributed by atoms with van der Waals surface area (Å²) in [4.78, 5) is 41.5. The van der Waals surface area contributed by atoms with Gasteiger partial charge in [0, 0.05) is 47.8 Å². The van der Waals surface area contributed by atoms with Crippen molar-refractivity contribution in [2.45, 2.75) is 76.8 Å². The van der Waals surface area contributed by atoms with Gasteiger partial charge in [-0.15, -0.1) is 30.7 Å². The zero-order valence-electron chi connectivity index (χ0n) is 50.7. The monoisotopic (exact) mass is 1320 g/mol. The first-order valence-electron chi connectivity index (χ1n) is 27.8. The maximum absolute atomic E-state index is 14.2. The first-order valence-corrected chi connectivity index (χ1v) is 32.6. The number of methoxy groups -OCH3 is 3. The van der Waals surface area contributed by atoms with Crippen LogP contribution in [0.5, 0.6) is 34.9 Å². The van der Waals surface area contributed by atoms with E-state index in [1.54, 1.807) is 60.7 Å². The Bertz CT molecular complexity index is 4860. The molecule has 0 aliphatic carbocycles. The maximum Gasteiger partial charge on any atom is 0.285 e. The second-order valence-corrected chi connectivity index (χ2v) is 25.1. The Morgan fingerprint density at radius 2 is 0.815 bits per heavy atom. The number of azo groups is 3. The van der Waals surface area contributed by atoms with Gasteiger partial charge in [-0.2, -0.15) is 25.3 Å². The van der Waals surface area contributed by atoms with Crippen LogP contribution in [0.15, 0.2) is 161 Å². The van der Waals surface area contributed by atoms with Gasteiger partial charge in [0.25, 0.3) is 47.0 Å². The fourth-order valence-corrected chi connectivity index (χ4v) is 12.8. The van der Waals surface area contributed by atoms with Crippen molar-refractivity contribution in [2.24, 2.45) is 30.7 Å². The predicted octanol–water partition coefficient (Wildman–Crippen LogP) is 11.1.